The first kappa shape index (κ1) is 12.4. The second-order valence-electron chi connectivity index (χ2n) is 4.37. The van der Waals surface area contributed by atoms with Gasteiger partial charge in [0.15, 0.2) is 5.92 Å². The van der Waals surface area contributed by atoms with E-state index in [0.717, 1.165) is 5.56 Å². The zero-order valence-corrected chi connectivity index (χ0v) is 10.3. The highest BCUT2D eigenvalue weighted by Crippen LogP contribution is 2.45. The number of allylic oxidation sites excluding steroid dienone is 1. The highest BCUT2D eigenvalue weighted by Gasteiger charge is 2.56. The Kier molecular flexibility index (Phi) is 2.95. The van der Waals surface area contributed by atoms with Crippen molar-refractivity contribution in [2.24, 2.45) is 5.92 Å². The third-order valence-corrected chi connectivity index (χ3v) is 3.43. The van der Waals surface area contributed by atoms with Gasteiger partial charge in [-0.05, 0) is 12.5 Å². The van der Waals surface area contributed by atoms with Crippen molar-refractivity contribution >= 4 is 11.9 Å². The van der Waals surface area contributed by atoms with E-state index >= 15 is 0 Å². The SMILES string of the molecule is C=C1OC(=O)[C@H](C(=O)OC)[C@@]1(C)c1ccccc1. The molecule has 0 unspecified atom stereocenters. The third kappa shape index (κ3) is 1.61. The average molecular weight is 246 g/mol. The molecule has 94 valence electrons. The Morgan fingerprint density at radius 1 is 1.39 bits per heavy atom. The van der Waals surface area contributed by atoms with Crippen molar-refractivity contribution in [3.63, 3.8) is 0 Å². The van der Waals surface area contributed by atoms with Crippen LogP contribution in [0.15, 0.2) is 42.7 Å². The van der Waals surface area contributed by atoms with Gasteiger partial charge in [0, 0.05) is 0 Å². The van der Waals surface area contributed by atoms with Gasteiger partial charge in [-0.2, -0.15) is 0 Å². The van der Waals surface area contributed by atoms with E-state index < -0.39 is 23.3 Å². The van der Waals surface area contributed by atoms with Crippen LogP contribution in [-0.2, 0) is 24.5 Å². The summed E-state index contributed by atoms with van der Waals surface area (Å²) in [6.07, 6.45) is 0. The number of ether oxygens (including phenoxy) is 2. The van der Waals surface area contributed by atoms with Gasteiger partial charge in [0.25, 0.3) is 0 Å². The summed E-state index contributed by atoms with van der Waals surface area (Å²) in [5, 5.41) is 0. The minimum absolute atomic E-state index is 0.272. The van der Waals surface area contributed by atoms with Gasteiger partial charge in [0.05, 0.1) is 12.5 Å². The molecule has 0 bridgehead atoms. The first-order valence-electron chi connectivity index (χ1n) is 5.56. The van der Waals surface area contributed by atoms with E-state index in [1.165, 1.54) is 7.11 Å². The smallest absolute Gasteiger partial charge is 0.326 e. The van der Waals surface area contributed by atoms with Crippen LogP contribution in [-0.4, -0.2) is 19.0 Å². The quantitative estimate of drug-likeness (QED) is 0.590. The van der Waals surface area contributed by atoms with Crippen LogP contribution in [0.2, 0.25) is 0 Å². The van der Waals surface area contributed by atoms with Gasteiger partial charge in [-0.1, -0.05) is 36.9 Å². The van der Waals surface area contributed by atoms with Crippen molar-refractivity contribution in [3.05, 3.63) is 48.2 Å². The zero-order chi connectivity index (χ0) is 13.3. The Balaban J connectivity index is 2.54. The molecule has 0 N–H and O–H groups in total. The molecule has 1 aromatic rings. The number of methoxy groups -OCH3 is 1. The monoisotopic (exact) mass is 246 g/mol. The van der Waals surface area contributed by atoms with Crippen LogP contribution in [0.4, 0.5) is 0 Å². The molecule has 4 heteroatoms. The first-order chi connectivity index (χ1) is 8.51. The fourth-order valence-electron chi connectivity index (χ4n) is 2.24. The highest BCUT2D eigenvalue weighted by molar-refractivity contribution is 6.00. The third-order valence-electron chi connectivity index (χ3n) is 3.43. The minimum Gasteiger partial charge on any atom is -0.468 e. The van der Waals surface area contributed by atoms with E-state index in [4.69, 9.17) is 4.74 Å². The lowest BCUT2D eigenvalue weighted by molar-refractivity contribution is -0.154. The van der Waals surface area contributed by atoms with Crippen LogP contribution in [0, 0.1) is 5.92 Å². The summed E-state index contributed by atoms with van der Waals surface area (Å²) in [7, 11) is 1.25. The van der Waals surface area contributed by atoms with Gasteiger partial charge < -0.3 is 9.47 Å². The van der Waals surface area contributed by atoms with E-state index in [0.29, 0.717) is 0 Å². The Labute approximate surface area is 105 Å². The lowest BCUT2D eigenvalue weighted by Crippen LogP contribution is -2.37. The Morgan fingerprint density at radius 3 is 2.56 bits per heavy atom. The van der Waals surface area contributed by atoms with E-state index in [2.05, 4.69) is 11.3 Å². The maximum absolute atomic E-state index is 11.8. The van der Waals surface area contributed by atoms with Crippen LogP contribution in [0.5, 0.6) is 0 Å². The summed E-state index contributed by atoms with van der Waals surface area (Å²) < 4.78 is 9.72. The van der Waals surface area contributed by atoms with Gasteiger partial charge in [0.1, 0.15) is 5.76 Å². The molecule has 0 aromatic heterocycles. The molecule has 0 radical (unpaired) electrons. The molecule has 2 atom stereocenters. The van der Waals surface area contributed by atoms with E-state index in [-0.39, 0.29) is 5.76 Å². The maximum Gasteiger partial charge on any atom is 0.326 e. The fourth-order valence-corrected chi connectivity index (χ4v) is 2.24. The summed E-state index contributed by atoms with van der Waals surface area (Å²) in [4.78, 5) is 23.6. The molecule has 18 heavy (non-hydrogen) atoms. The largest absolute Gasteiger partial charge is 0.468 e. The van der Waals surface area contributed by atoms with Crippen molar-refractivity contribution in [1.82, 2.24) is 0 Å². The Bertz CT molecular complexity index is 506. The lowest BCUT2D eigenvalue weighted by atomic mass is 9.72. The number of cyclic esters (lactones) is 1. The fraction of sp³-hybridized carbons (Fsp3) is 0.286. The summed E-state index contributed by atoms with van der Waals surface area (Å²) in [6.45, 7) is 5.51. The van der Waals surface area contributed by atoms with Gasteiger partial charge in [0.2, 0.25) is 0 Å². The number of carbonyl (C=O) groups is 2. The molecule has 0 saturated carbocycles. The number of benzene rings is 1. The zero-order valence-electron chi connectivity index (χ0n) is 10.3. The molecule has 0 amide bonds. The topological polar surface area (TPSA) is 52.6 Å². The molecule has 1 saturated heterocycles. The normalized spacial score (nSPS) is 26.9. The van der Waals surface area contributed by atoms with Gasteiger partial charge in [-0.3, -0.25) is 9.59 Å². The maximum atomic E-state index is 11.8. The van der Waals surface area contributed by atoms with Crippen molar-refractivity contribution < 1.29 is 19.1 Å². The molecule has 1 aliphatic heterocycles. The summed E-state index contributed by atoms with van der Waals surface area (Å²) in [5.41, 5.74) is -0.0814. The number of hydrogen-bond donors (Lipinski definition) is 0. The molecule has 1 aromatic carbocycles. The standard InChI is InChI=1S/C14H14O4/c1-9-14(2,10-7-5-4-6-8-10)11(12(15)17-3)13(16)18-9/h4-8,11H,1H2,2-3H3/t11-,14+/m0/s1. The van der Waals surface area contributed by atoms with Crippen LogP contribution >= 0.6 is 0 Å². The summed E-state index contributed by atoms with van der Waals surface area (Å²) in [5.74, 6) is -1.95. The second kappa shape index (κ2) is 4.29. The molecule has 1 fully saturated rings. The number of esters is 2. The van der Waals surface area contributed by atoms with Crippen molar-refractivity contribution in [1.29, 1.82) is 0 Å². The highest BCUT2D eigenvalue weighted by atomic mass is 16.6. The molecule has 1 heterocycles. The molecule has 1 aliphatic rings. The number of rotatable bonds is 2. The van der Waals surface area contributed by atoms with Crippen LogP contribution in [0.25, 0.3) is 0 Å². The van der Waals surface area contributed by atoms with Gasteiger partial charge >= 0.3 is 11.9 Å². The molecule has 4 nitrogen and oxygen atoms in total. The summed E-state index contributed by atoms with van der Waals surface area (Å²) in [6, 6.07) is 9.21. The second-order valence-corrected chi connectivity index (χ2v) is 4.37. The molecule has 2 rings (SSSR count). The van der Waals surface area contributed by atoms with E-state index in [1.807, 2.05) is 30.3 Å². The first-order valence-corrected chi connectivity index (χ1v) is 5.56. The van der Waals surface area contributed by atoms with Crippen molar-refractivity contribution in [3.8, 4) is 0 Å². The van der Waals surface area contributed by atoms with E-state index in [1.54, 1.807) is 6.92 Å². The molecular formula is C14H14O4. The lowest BCUT2D eigenvalue weighted by Gasteiger charge is -2.26. The molecule has 0 spiro atoms. The van der Waals surface area contributed by atoms with E-state index in [9.17, 15) is 9.59 Å². The van der Waals surface area contributed by atoms with Crippen molar-refractivity contribution in [2.45, 2.75) is 12.3 Å². The minimum atomic E-state index is -1.00. The molecular weight excluding hydrogens is 232 g/mol. The van der Waals surface area contributed by atoms with Crippen molar-refractivity contribution in [2.75, 3.05) is 7.11 Å². The number of hydrogen-bond acceptors (Lipinski definition) is 4. The van der Waals surface area contributed by atoms with Crippen LogP contribution < -0.4 is 0 Å². The predicted molar refractivity (Wildman–Crippen MR) is 64.5 cm³/mol. The Morgan fingerprint density at radius 2 is 2.00 bits per heavy atom. The predicted octanol–water partition coefficient (Wildman–Crippen LogP) is 1.80. The Hall–Kier alpha value is -2.10. The average Bonchev–Trinajstić information content (AvgIpc) is 2.61. The van der Waals surface area contributed by atoms with Gasteiger partial charge in [-0.15, -0.1) is 0 Å². The van der Waals surface area contributed by atoms with Crippen LogP contribution in [0.3, 0.4) is 0 Å². The summed E-state index contributed by atoms with van der Waals surface area (Å²) >= 11 is 0. The van der Waals surface area contributed by atoms with Crippen LogP contribution in [0.1, 0.15) is 12.5 Å². The molecule has 0 aliphatic carbocycles. The van der Waals surface area contributed by atoms with Gasteiger partial charge in [-0.25, -0.2) is 0 Å². The number of carbonyl (C=O) groups excluding carboxylic acids is 2.